The normalized spacial score (nSPS) is 10.6. The van der Waals surface area contributed by atoms with E-state index in [2.05, 4.69) is 15.9 Å². The molecule has 19 heavy (non-hydrogen) atoms. The van der Waals surface area contributed by atoms with Gasteiger partial charge < -0.3 is 10.5 Å². The third kappa shape index (κ3) is 3.20. The van der Waals surface area contributed by atoms with Crippen LogP contribution in [0.5, 0.6) is 11.5 Å². The molecular weight excluding hydrogens is 356 g/mol. The Kier molecular flexibility index (Phi) is 4.68. The number of benzene rings is 2. The molecule has 0 radical (unpaired) electrons. The molecule has 0 aliphatic heterocycles. The van der Waals surface area contributed by atoms with Crippen LogP contribution in [-0.4, -0.2) is 0 Å². The van der Waals surface area contributed by atoms with Gasteiger partial charge in [0, 0.05) is 11.6 Å². The van der Waals surface area contributed by atoms with Crippen LogP contribution in [0, 0.1) is 5.82 Å². The average Bonchev–Trinajstić information content (AvgIpc) is 2.38. The Morgan fingerprint density at radius 3 is 2.47 bits per heavy atom. The van der Waals surface area contributed by atoms with E-state index in [1.807, 2.05) is 0 Å². The molecule has 2 aromatic rings. The third-order valence-electron chi connectivity index (χ3n) is 2.46. The van der Waals surface area contributed by atoms with Crippen LogP contribution in [-0.2, 0) is 6.54 Å². The molecule has 2 N–H and O–H groups in total. The van der Waals surface area contributed by atoms with Gasteiger partial charge in [-0.25, -0.2) is 4.39 Å². The Morgan fingerprint density at radius 1 is 1.16 bits per heavy atom. The predicted octanol–water partition coefficient (Wildman–Crippen LogP) is 5.15. The van der Waals surface area contributed by atoms with Crippen molar-refractivity contribution >= 4 is 39.1 Å². The van der Waals surface area contributed by atoms with E-state index in [1.54, 1.807) is 18.2 Å². The first-order valence-electron chi connectivity index (χ1n) is 5.32. The molecule has 0 aromatic heterocycles. The van der Waals surface area contributed by atoms with Crippen molar-refractivity contribution in [1.82, 2.24) is 0 Å². The summed E-state index contributed by atoms with van der Waals surface area (Å²) in [6.07, 6.45) is 0. The summed E-state index contributed by atoms with van der Waals surface area (Å²) < 4.78 is 19.8. The number of ether oxygens (including phenoxy) is 1. The fourth-order valence-electron chi connectivity index (χ4n) is 1.48. The molecule has 0 bridgehead atoms. The lowest BCUT2D eigenvalue weighted by Gasteiger charge is -2.11. The Bertz CT molecular complexity index is 622. The van der Waals surface area contributed by atoms with Gasteiger partial charge in [0.1, 0.15) is 5.75 Å². The molecule has 0 atom stereocenters. The van der Waals surface area contributed by atoms with E-state index in [9.17, 15) is 4.39 Å². The van der Waals surface area contributed by atoms with Crippen LogP contribution >= 0.6 is 39.1 Å². The van der Waals surface area contributed by atoms with E-state index in [0.717, 1.165) is 0 Å². The van der Waals surface area contributed by atoms with Gasteiger partial charge in [-0.2, -0.15) is 0 Å². The molecule has 2 rings (SSSR count). The standard InChI is InChI=1S/C13H9BrCl2FNO/c14-12-7(6-18)1-3-11(13(12)17)19-10-4-2-8(15)5-9(10)16/h1-5H,6,18H2. The average molecular weight is 365 g/mol. The molecule has 0 spiro atoms. The Balaban J connectivity index is 2.36. The SMILES string of the molecule is NCc1ccc(Oc2ccc(Cl)cc2Cl)c(F)c1Br. The van der Waals surface area contributed by atoms with Crippen molar-refractivity contribution in [1.29, 1.82) is 0 Å². The predicted molar refractivity (Wildman–Crippen MR) is 78.5 cm³/mol. The molecular formula is C13H9BrCl2FNO. The summed E-state index contributed by atoms with van der Waals surface area (Å²) in [6.45, 7) is 0.236. The molecule has 0 fully saturated rings. The molecule has 2 nitrogen and oxygen atoms in total. The fraction of sp³-hybridized carbons (Fsp3) is 0.0769. The minimum atomic E-state index is -0.519. The van der Waals surface area contributed by atoms with E-state index >= 15 is 0 Å². The number of nitrogens with two attached hydrogens (primary N) is 1. The van der Waals surface area contributed by atoms with Crippen LogP contribution < -0.4 is 10.5 Å². The zero-order valence-corrected chi connectivity index (χ0v) is 12.7. The summed E-state index contributed by atoms with van der Waals surface area (Å²) in [6, 6.07) is 7.91. The van der Waals surface area contributed by atoms with Gasteiger partial charge in [0.25, 0.3) is 0 Å². The number of rotatable bonds is 3. The maximum Gasteiger partial charge on any atom is 0.180 e. The van der Waals surface area contributed by atoms with Crippen LogP contribution in [0.2, 0.25) is 10.0 Å². The topological polar surface area (TPSA) is 35.2 Å². The fourth-order valence-corrected chi connectivity index (χ4v) is 2.42. The summed E-state index contributed by atoms with van der Waals surface area (Å²) in [7, 11) is 0. The van der Waals surface area contributed by atoms with E-state index < -0.39 is 5.82 Å². The van der Waals surface area contributed by atoms with Gasteiger partial charge >= 0.3 is 0 Å². The van der Waals surface area contributed by atoms with Crippen LogP contribution in [0.1, 0.15) is 5.56 Å². The summed E-state index contributed by atoms with van der Waals surface area (Å²) in [4.78, 5) is 0. The lowest BCUT2D eigenvalue weighted by atomic mass is 10.2. The van der Waals surface area contributed by atoms with E-state index in [-0.39, 0.29) is 16.8 Å². The molecule has 100 valence electrons. The van der Waals surface area contributed by atoms with Crippen LogP contribution in [0.25, 0.3) is 0 Å². The first-order valence-corrected chi connectivity index (χ1v) is 6.87. The van der Waals surface area contributed by atoms with Gasteiger partial charge in [-0.05, 0) is 45.8 Å². The molecule has 2 aromatic carbocycles. The highest BCUT2D eigenvalue weighted by atomic mass is 79.9. The number of hydrogen-bond acceptors (Lipinski definition) is 2. The zero-order chi connectivity index (χ0) is 14.0. The highest BCUT2D eigenvalue weighted by molar-refractivity contribution is 9.10. The van der Waals surface area contributed by atoms with Crippen molar-refractivity contribution in [3.63, 3.8) is 0 Å². The van der Waals surface area contributed by atoms with Crippen LogP contribution in [0.4, 0.5) is 4.39 Å². The quantitative estimate of drug-likeness (QED) is 0.817. The lowest BCUT2D eigenvalue weighted by Crippen LogP contribution is -2.00. The first kappa shape index (κ1) is 14.6. The minimum Gasteiger partial charge on any atom is -0.453 e. The molecule has 0 saturated carbocycles. The van der Waals surface area contributed by atoms with E-state index in [4.69, 9.17) is 33.7 Å². The van der Waals surface area contributed by atoms with Crippen LogP contribution in [0.15, 0.2) is 34.8 Å². The first-order chi connectivity index (χ1) is 9.02. The van der Waals surface area contributed by atoms with Crippen molar-refractivity contribution < 1.29 is 9.13 Å². The van der Waals surface area contributed by atoms with Gasteiger partial charge in [0.05, 0.1) is 9.50 Å². The zero-order valence-electron chi connectivity index (χ0n) is 9.59. The maximum atomic E-state index is 14.0. The molecule has 6 heteroatoms. The summed E-state index contributed by atoms with van der Waals surface area (Å²) in [5.41, 5.74) is 6.15. The highest BCUT2D eigenvalue weighted by Crippen LogP contribution is 2.35. The molecule has 0 saturated heterocycles. The maximum absolute atomic E-state index is 14.0. The van der Waals surface area contributed by atoms with Crippen molar-refractivity contribution in [2.24, 2.45) is 5.73 Å². The Morgan fingerprint density at radius 2 is 1.84 bits per heavy atom. The van der Waals surface area contributed by atoms with Gasteiger partial charge in [-0.3, -0.25) is 0 Å². The monoisotopic (exact) mass is 363 g/mol. The third-order valence-corrected chi connectivity index (χ3v) is 3.85. The largest absolute Gasteiger partial charge is 0.453 e. The van der Waals surface area contributed by atoms with Gasteiger partial charge in [-0.15, -0.1) is 0 Å². The second-order valence-electron chi connectivity index (χ2n) is 3.73. The number of hydrogen-bond donors (Lipinski definition) is 1. The van der Waals surface area contributed by atoms with Gasteiger partial charge in [-0.1, -0.05) is 29.3 Å². The molecule has 0 aliphatic carbocycles. The Labute approximate surface area is 128 Å². The second-order valence-corrected chi connectivity index (χ2v) is 5.37. The van der Waals surface area contributed by atoms with E-state index in [1.165, 1.54) is 12.1 Å². The highest BCUT2D eigenvalue weighted by Gasteiger charge is 2.13. The molecule has 0 unspecified atom stereocenters. The van der Waals surface area contributed by atoms with Gasteiger partial charge in [0.2, 0.25) is 0 Å². The number of halogens is 4. The van der Waals surface area contributed by atoms with Crippen molar-refractivity contribution in [2.75, 3.05) is 0 Å². The van der Waals surface area contributed by atoms with Crippen molar-refractivity contribution in [3.05, 3.63) is 56.2 Å². The van der Waals surface area contributed by atoms with Gasteiger partial charge in [0.15, 0.2) is 11.6 Å². The van der Waals surface area contributed by atoms with Crippen molar-refractivity contribution in [2.45, 2.75) is 6.54 Å². The summed E-state index contributed by atoms with van der Waals surface area (Å²) >= 11 is 14.9. The molecule has 0 aliphatic rings. The smallest absolute Gasteiger partial charge is 0.180 e. The van der Waals surface area contributed by atoms with Crippen molar-refractivity contribution in [3.8, 4) is 11.5 Å². The lowest BCUT2D eigenvalue weighted by molar-refractivity contribution is 0.440. The van der Waals surface area contributed by atoms with E-state index in [0.29, 0.717) is 21.4 Å². The Hall–Kier alpha value is -0.810. The summed E-state index contributed by atoms with van der Waals surface area (Å²) in [5, 5.41) is 0.795. The molecule has 0 heterocycles. The van der Waals surface area contributed by atoms with Crippen LogP contribution in [0.3, 0.4) is 0 Å². The minimum absolute atomic E-state index is 0.0632. The second kappa shape index (κ2) is 6.09. The molecule has 0 amide bonds. The summed E-state index contributed by atoms with van der Waals surface area (Å²) in [5.74, 6) is -0.125.